The summed E-state index contributed by atoms with van der Waals surface area (Å²) < 4.78 is 74.8. The fourth-order valence-corrected chi connectivity index (χ4v) is 1.40. The van der Waals surface area contributed by atoms with Crippen LogP contribution in [0.3, 0.4) is 0 Å². The summed E-state index contributed by atoms with van der Waals surface area (Å²) in [5, 5.41) is 8.70. The molecule has 18 heavy (non-hydrogen) atoms. The number of benzene rings is 1. The van der Waals surface area contributed by atoms with Crippen LogP contribution in [-0.2, 0) is 12.4 Å². The third-order valence-electron chi connectivity index (χ3n) is 2.28. The highest BCUT2D eigenvalue weighted by molar-refractivity contribution is 5.37. The molecule has 1 atom stereocenters. The molecule has 0 bridgehead atoms. The number of nitrogens with two attached hydrogens (primary N) is 1. The van der Waals surface area contributed by atoms with Crippen molar-refractivity contribution >= 4 is 0 Å². The normalized spacial score (nSPS) is 14.7. The van der Waals surface area contributed by atoms with Crippen LogP contribution < -0.4 is 5.73 Å². The molecule has 0 saturated heterocycles. The minimum atomic E-state index is -4.83. The quantitative estimate of drug-likeness (QED) is 0.814. The number of halogens is 6. The average molecular weight is 273 g/mol. The molecule has 1 rings (SSSR count). The molecule has 0 aliphatic carbocycles. The number of aliphatic hydroxyl groups is 1. The fraction of sp³-hybridized carbons (Fsp3) is 0.400. The van der Waals surface area contributed by atoms with E-state index in [9.17, 15) is 26.3 Å². The van der Waals surface area contributed by atoms with Gasteiger partial charge in [-0.15, -0.1) is 0 Å². The molecule has 0 spiro atoms. The number of rotatable bonds is 2. The summed E-state index contributed by atoms with van der Waals surface area (Å²) in [5.41, 5.74) is 1.89. The predicted octanol–water partition coefficient (Wildman–Crippen LogP) is 2.72. The van der Waals surface area contributed by atoms with Gasteiger partial charge in [0.05, 0.1) is 23.8 Å². The van der Waals surface area contributed by atoms with E-state index in [0.717, 1.165) is 0 Å². The van der Waals surface area contributed by atoms with Gasteiger partial charge < -0.3 is 10.8 Å². The third-order valence-corrected chi connectivity index (χ3v) is 2.28. The minimum absolute atomic E-state index is 0.309. The number of hydrogen-bond acceptors (Lipinski definition) is 2. The van der Waals surface area contributed by atoms with Gasteiger partial charge >= 0.3 is 12.4 Å². The van der Waals surface area contributed by atoms with Gasteiger partial charge in [-0.3, -0.25) is 0 Å². The van der Waals surface area contributed by atoms with Crippen molar-refractivity contribution in [2.45, 2.75) is 18.4 Å². The molecular weight excluding hydrogens is 264 g/mol. The zero-order valence-corrected chi connectivity index (χ0v) is 8.81. The van der Waals surface area contributed by atoms with Crippen LogP contribution in [0.15, 0.2) is 18.2 Å². The van der Waals surface area contributed by atoms with Crippen LogP contribution in [0.2, 0.25) is 0 Å². The van der Waals surface area contributed by atoms with Crippen LogP contribution in [0.25, 0.3) is 0 Å². The van der Waals surface area contributed by atoms with Gasteiger partial charge in [0.1, 0.15) is 0 Å². The standard InChI is InChI=1S/C10H9F6NO/c11-9(12,13)5-1-2-7(10(14,15)16)6(3-5)8(17)4-18/h1-3,8,18H,4,17H2. The monoisotopic (exact) mass is 273 g/mol. The van der Waals surface area contributed by atoms with Crippen molar-refractivity contribution in [3.05, 3.63) is 34.9 Å². The molecule has 0 aliphatic rings. The largest absolute Gasteiger partial charge is 0.416 e. The molecule has 0 saturated carbocycles. The van der Waals surface area contributed by atoms with E-state index in [4.69, 9.17) is 10.8 Å². The Balaban J connectivity index is 3.39. The van der Waals surface area contributed by atoms with E-state index in [1.54, 1.807) is 0 Å². The summed E-state index contributed by atoms with van der Waals surface area (Å²) >= 11 is 0. The van der Waals surface area contributed by atoms with Crippen molar-refractivity contribution in [3.63, 3.8) is 0 Å². The zero-order chi connectivity index (χ0) is 14.1. The van der Waals surface area contributed by atoms with Crippen LogP contribution in [-0.4, -0.2) is 11.7 Å². The second kappa shape index (κ2) is 4.77. The summed E-state index contributed by atoms with van der Waals surface area (Å²) in [5.74, 6) is 0. The molecule has 0 radical (unpaired) electrons. The molecule has 0 aromatic heterocycles. The van der Waals surface area contributed by atoms with Gasteiger partial charge in [0.2, 0.25) is 0 Å². The number of aliphatic hydroxyl groups excluding tert-OH is 1. The van der Waals surface area contributed by atoms with Crippen molar-refractivity contribution in [1.82, 2.24) is 0 Å². The summed E-state index contributed by atoms with van der Waals surface area (Å²) in [4.78, 5) is 0. The lowest BCUT2D eigenvalue weighted by atomic mass is 9.98. The van der Waals surface area contributed by atoms with E-state index in [-0.39, 0.29) is 0 Å². The molecule has 102 valence electrons. The smallest absolute Gasteiger partial charge is 0.394 e. The first kappa shape index (κ1) is 14.8. The maximum atomic E-state index is 12.6. The topological polar surface area (TPSA) is 46.2 Å². The molecule has 3 N–H and O–H groups in total. The highest BCUT2D eigenvalue weighted by atomic mass is 19.4. The molecule has 1 aromatic carbocycles. The molecule has 1 unspecified atom stereocenters. The van der Waals surface area contributed by atoms with E-state index >= 15 is 0 Å². The second-order valence-corrected chi connectivity index (χ2v) is 3.59. The Bertz CT molecular complexity index is 425. The van der Waals surface area contributed by atoms with Crippen molar-refractivity contribution in [2.24, 2.45) is 5.73 Å². The predicted molar refractivity (Wildman–Crippen MR) is 50.5 cm³/mol. The maximum Gasteiger partial charge on any atom is 0.416 e. The van der Waals surface area contributed by atoms with Gasteiger partial charge in [-0.1, -0.05) is 0 Å². The zero-order valence-electron chi connectivity index (χ0n) is 8.81. The summed E-state index contributed by atoms with van der Waals surface area (Å²) in [6, 6.07) is -0.572. The highest BCUT2D eigenvalue weighted by Gasteiger charge is 2.37. The molecule has 0 aliphatic heterocycles. The van der Waals surface area contributed by atoms with Crippen molar-refractivity contribution in [2.75, 3.05) is 6.61 Å². The first-order chi connectivity index (χ1) is 8.07. The van der Waals surface area contributed by atoms with Gasteiger partial charge in [0, 0.05) is 0 Å². The van der Waals surface area contributed by atoms with Crippen molar-refractivity contribution in [1.29, 1.82) is 0 Å². The summed E-state index contributed by atoms with van der Waals surface area (Å²) in [6.07, 6.45) is -9.60. The van der Waals surface area contributed by atoms with Gasteiger partial charge in [0.25, 0.3) is 0 Å². The van der Waals surface area contributed by atoms with Crippen LogP contribution in [0, 0.1) is 0 Å². The molecule has 0 heterocycles. The molecule has 1 aromatic rings. The average Bonchev–Trinajstić information content (AvgIpc) is 2.24. The van der Waals surface area contributed by atoms with E-state index in [1.165, 1.54) is 0 Å². The van der Waals surface area contributed by atoms with Gasteiger partial charge in [-0.25, -0.2) is 0 Å². The Morgan fingerprint density at radius 3 is 2.00 bits per heavy atom. The molecule has 0 amide bonds. The number of alkyl halides is 6. The van der Waals surface area contributed by atoms with Gasteiger partial charge in [-0.05, 0) is 23.8 Å². The first-order valence-corrected chi connectivity index (χ1v) is 4.72. The van der Waals surface area contributed by atoms with Crippen molar-refractivity contribution < 1.29 is 31.4 Å². The first-order valence-electron chi connectivity index (χ1n) is 4.72. The Morgan fingerprint density at radius 2 is 1.61 bits per heavy atom. The van der Waals surface area contributed by atoms with Gasteiger partial charge in [-0.2, -0.15) is 26.3 Å². The second-order valence-electron chi connectivity index (χ2n) is 3.59. The molecular formula is C10H9F6NO. The van der Waals surface area contributed by atoms with Crippen molar-refractivity contribution in [3.8, 4) is 0 Å². The Morgan fingerprint density at radius 1 is 1.06 bits per heavy atom. The Kier molecular flexibility index (Phi) is 3.92. The molecule has 0 fully saturated rings. The van der Waals surface area contributed by atoms with Crippen LogP contribution in [0.1, 0.15) is 22.7 Å². The minimum Gasteiger partial charge on any atom is -0.394 e. The lowest BCUT2D eigenvalue weighted by Crippen LogP contribution is -2.21. The third kappa shape index (κ3) is 3.14. The Labute approximate surface area is 98.0 Å². The molecule has 8 heteroatoms. The Hall–Kier alpha value is -1.28. The lowest BCUT2D eigenvalue weighted by Gasteiger charge is -2.18. The van der Waals surface area contributed by atoms with E-state index in [1.807, 2.05) is 0 Å². The van der Waals surface area contributed by atoms with Crippen LogP contribution >= 0.6 is 0 Å². The van der Waals surface area contributed by atoms with E-state index < -0.39 is 41.7 Å². The van der Waals surface area contributed by atoms with E-state index in [0.29, 0.717) is 18.2 Å². The van der Waals surface area contributed by atoms with E-state index in [2.05, 4.69) is 0 Å². The summed E-state index contributed by atoms with van der Waals surface area (Å²) in [7, 11) is 0. The summed E-state index contributed by atoms with van der Waals surface area (Å²) in [6.45, 7) is -0.885. The number of hydrogen-bond donors (Lipinski definition) is 2. The van der Waals surface area contributed by atoms with Gasteiger partial charge in [0.15, 0.2) is 0 Å². The van der Waals surface area contributed by atoms with Crippen LogP contribution in [0.4, 0.5) is 26.3 Å². The maximum absolute atomic E-state index is 12.6. The highest BCUT2D eigenvalue weighted by Crippen LogP contribution is 2.38. The lowest BCUT2D eigenvalue weighted by molar-refractivity contribution is -0.142. The molecule has 2 nitrogen and oxygen atoms in total. The van der Waals surface area contributed by atoms with Crippen LogP contribution in [0.5, 0.6) is 0 Å². The fourth-order valence-electron chi connectivity index (χ4n) is 1.40. The SMILES string of the molecule is NC(CO)c1cc(C(F)(F)F)ccc1C(F)(F)F.